The molecule has 0 atom stereocenters. The highest BCUT2D eigenvalue weighted by atomic mass is 79.9. The van der Waals surface area contributed by atoms with Gasteiger partial charge in [0.2, 0.25) is 5.91 Å². The van der Waals surface area contributed by atoms with Gasteiger partial charge in [-0.2, -0.15) is 39.5 Å². The summed E-state index contributed by atoms with van der Waals surface area (Å²) in [5.74, 6) is -3.36. The van der Waals surface area contributed by atoms with Crippen LogP contribution in [0.3, 0.4) is 0 Å². The van der Waals surface area contributed by atoms with Gasteiger partial charge in [-0.05, 0) is 128 Å². The van der Waals surface area contributed by atoms with Crippen molar-refractivity contribution in [3.8, 4) is 0 Å². The number of sulfone groups is 2. The summed E-state index contributed by atoms with van der Waals surface area (Å²) in [6, 6.07) is 12.6. The van der Waals surface area contributed by atoms with Crippen molar-refractivity contribution >= 4 is 98.9 Å². The number of nitrogens with one attached hydrogen (secondary N) is 1. The van der Waals surface area contributed by atoms with Gasteiger partial charge in [0.25, 0.3) is 0 Å². The molecule has 0 saturated heterocycles. The quantitative estimate of drug-likeness (QED) is 0.0385. The molecular formula is C55H71Br2F9N2O14S3. The fourth-order valence-electron chi connectivity index (χ4n) is 5.65. The number of aliphatic carboxylic acids is 2. The molecule has 3 N–H and O–H groups in total. The molecule has 0 bridgehead atoms. The van der Waals surface area contributed by atoms with Crippen LogP contribution in [0.4, 0.5) is 45.3 Å². The Morgan fingerprint density at radius 2 is 0.859 bits per heavy atom. The molecule has 16 nitrogen and oxygen atoms in total. The minimum absolute atomic E-state index is 0.153. The molecule has 0 radical (unpaired) electrons. The molecule has 0 fully saturated rings. The lowest BCUT2D eigenvalue weighted by Crippen LogP contribution is -2.37. The second-order valence-electron chi connectivity index (χ2n) is 22.9. The molecule has 1 amide bonds. The van der Waals surface area contributed by atoms with E-state index < -0.39 is 111 Å². The number of carboxylic acids is 2. The SMILES string of the molecule is CC(C)(CBr)C(=O)O.CC(C)(CS(=O)(=O)c1ccc(C(F)(F)F)cc1)C(=O)Nc1cc(C(C)(C)C)on1.CC(C)(CS(=O)(=O)c1ccc(C(F)(F)F)cc1)C(=O)O.COC(=O)C(C)(C)CBr.COC(=O)C(C)(C)CSc1ccc(C(F)(F)F)cc1. The summed E-state index contributed by atoms with van der Waals surface area (Å²) in [7, 11) is -5.27. The van der Waals surface area contributed by atoms with E-state index in [-0.39, 0.29) is 33.0 Å². The molecule has 30 heteroatoms. The number of rotatable bonds is 17. The number of benzene rings is 3. The Labute approximate surface area is 510 Å². The van der Waals surface area contributed by atoms with Crippen molar-refractivity contribution in [3.05, 3.63) is 101 Å². The maximum atomic E-state index is 12.7. The molecule has 85 heavy (non-hydrogen) atoms. The van der Waals surface area contributed by atoms with Gasteiger partial charge >= 0.3 is 42.4 Å². The first-order valence-electron chi connectivity index (χ1n) is 24.7. The van der Waals surface area contributed by atoms with E-state index in [0.29, 0.717) is 51.3 Å². The van der Waals surface area contributed by atoms with E-state index in [1.165, 1.54) is 65.8 Å². The zero-order valence-corrected chi connectivity index (χ0v) is 54.8. The highest BCUT2D eigenvalue weighted by Gasteiger charge is 2.38. The second kappa shape index (κ2) is 31.1. The average molecular weight is 1410 g/mol. The van der Waals surface area contributed by atoms with Crippen LogP contribution in [0.5, 0.6) is 0 Å². The number of methoxy groups -OCH3 is 2. The average Bonchev–Trinajstić information content (AvgIpc) is 3.67. The third-order valence-electron chi connectivity index (χ3n) is 11.4. The summed E-state index contributed by atoms with van der Waals surface area (Å²) in [4.78, 5) is 56.0. The lowest BCUT2D eigenvalue weighted by atomic mass is 9.93. The highest BCUT2D eigenvalue weighted by molar-refractivity contribution is 9.09. The number of ether oxygens (including phenoxy) is 2. The first kappa shape index (κ1) is 79.8. The molecule has 1 aromatic heterocycles. The van der Waals surface area contributed by atoms with Gasteiger partial charge in [-0.25, -0.2) is 16.8 Å². The second-order valence-corrected chi connectivity index (χ2v) is 29.1. The number of carbonyl (C=O) groups excluding carboxylic acids is 3. The first-order chi connectivity index (χ1) is 38.1. The maximum absolute atomic E-state index is 12.7. The molecule has 480 valence electrons. The lowest BCUT2D eigenvalue weighted by Gasteiger charge is -2.22. The highest BCUT2D eigenvalue weighted by Crippen LogP contribution is 2.35. The standard InChI is InChI=1S/C19H23F3N2O4S.C13H15F3O2S.C12H13F3O4S.C6H11BrO2.C5H9BrO2/c1-17(2,3)14-10-15(24-28-14)23-16(25)18(4,5)11-29(26,27)13-8-6-12(7-9-13)19(20,21)22;1-12(2,11(17)18-3)8-19-10-6-4-9(5-7-10)13(14,15)16;1-11(2,10(16)17)7-20(18,19)9-5-3-8(4-6-9)12(13,14)15;1-6(2,4-7)5(8)9-3;1-5(2,3-6)4(7)8/h6-10H,11H2,1-5H3,(H,23,24,25);4-7H,8H2,1-3H3;3-6H,7H2,1-2H3,(H,16,17);4H2,1-3H3;3H2,1-2H3,(H,7,8). The van der Waals surface area contributed by atoms with Crippen molar-refractivity contribution in [3.63, 3.8) is 0 Å². The number of hydrogen-bond donors (Lipinski definition) is 3. The van der Waals surface area contributed by atoms with E-state index in [0.717, 1.165) is 36.4 Å². The molecular weight excluding hydrogens is 1340 g/mol. The summed E-state index contributed by atoms with van der Waals surface area (Å²) < 4.78 is 176. The number of carboxylic acid groups (broad SMARTS) is 2. The number of hydrogen-bond acceptors (Lipinski definition) is 14. The predicted molar refractivity (Wildman–Crippen MR) is 309 cm³/mol. The fourth-order valence-corrected chi connectivity index (χ4v) is 10.7. The van der Waals surface area contributed by atoms with E-state index in [2.05, 4.69) is 51.8 Å². The molecule has 0 saturated carbocycles. The number of halogens is 11. The summed E-state index contributed by atoms with van der Waals surface area (Å²) in [6.45, 7) is 21.5. The van der Waals surface area contributed by atoms with Crippen LogP contribution in [-0.2, 0) is 77.1 Å². The van der Waals surface area contributed by atoms with Crippen LogP contribution in [0.25, 0.3) is 0 Å². The normalized spacial score (nSPS) is 12.7. The Kier molecular flexibility index (Phi) is 29.2. The number of amides is 1. The van der Waals surface area contributed by atoms with Crippen LogP contribution in [0.2, 0.25) is 0 Å². The van der Waals surface area contributed by atoms with Crippen molar-refractivity contribution in [1.29, 1.82) is 0 Å². The number of thioether (sulfide) groups is 1. The van der Waals surface area contributed by atoms with Crippen molar-refractivity contribution in [2.24, 2.45) is 27.1 Å². The number of nitrogens with zero attached hydrogens (tertiary/aromatic N) is 1. The van der Waals surface area contributed by atoms with Crippen LogP contribution in [0, 0.1) is 27.1 Å². The topological polar surface area (TPSA) is 251 Å². The van der Waals surface area contributed by atoms with Gasteiger partial charge < -0.3 is 29.5 Å². The Balaban J connectivity index is 0.00000112. The smallest absolute Gasteiger partial charge is 0.416 e. The van der Waals surface area contributed by atoms with Crippen molar-refractivity contribution in [2.45, 2.75) is 129 Å². The minimum atomic E-state index is -4.56. The summed E-state index contributed by atoms with van der Waals surface area (Å²) in [6.07, 6.45) is -13.4. The van der Waals surface area contributed by atoms with Crippen LogP contribution >= 0.6 is 43.6 Å². The first-order valence-corrected chi connectivity index (χ1v) is 31.3. The number of anilines is 1. The number of aromatic nitrogens is 1. The van der Waals surface area contributed by atoms with E-state index in [9.17, 15) is 80.3 Å². The third kappa shape index (κ3) is 26.8. The van der Waals surface area contributed by atoms with E-state index in [4.69, 9.17) is 14.7 Å². The molecule has 0 unspecified atom stereocenters. The van der Waals surface area contributed by atoms with Crippen molar-refractivity contribution < 1.29 is 105 Å². The van der Waals surface area contributed by atoms with Gasteiger partial charge in [0.15, 0.2) is 25.5 Å². The van der Waals surface area contributed by atoms with Crippen molar-refractivity contribution in [2.75, 3.05) is 47.5 Å². The van der Waals surface area contributed by atoms with Crippen LogP contribution in [0.1, 0.15) is 112 Å². The van der Waals surface area contributed by atoms with Gasteiger partial charge in [-0.1, -0.05) is 71.6 Å². The minimum Gasteiger partial charge on any atom is -0.481 e. The number of carbonyl (C=O) groups is 5. The summed E-state index contributed by atoms with van der Waals surface area (Å²) in [5, 5.41) is 24.7. The number of alkyl halides is 11. The van der Waals surface area contributed by atoms with Gasteiger partial charge in [-0.15, -0.1) is 11.8 Å². The van der Waals surface area contributed by atoms with Crippen molar-refractivity contribution in [1.82, 2.24) is 5.16 Å². The Morgan fingerprint density at radius 3 is 1.13 bits per heavy atom. The molecule has 1 heterocycles. The van der Waals surface area contributed by atoms with E-state index in [1.807, 2.05) is 34.6 Å². The zero-order valence-electron chi connectivity index (χ0n) is 49.2. The number of esters is 2. The molecule has 0 aliphatic heterocycles. The predicted octanol–water partition coefficient (Wildman–Crippen LogP) is 14.1. The summed E-state index contributed by atoms with van der Waals surface area (Å²) >= 11 is 7.62. The maximum Gasteiger partial charge on any atom is 0.416 e. The molecule has 0 aliphatic rings. The largest absolute Gasteiger partial charge is 0.481 e. The van der Waals surface area contributed by atoms with Crippen LogP contribution in [-0.4, -0.2) is 104 Å². The Morgan fingerprint density at radius 1 is 0.529 bits per heavy atom. The van der Waals surface area contributed by atoms with Gasteiger partial charge in [0, 0.05) is 32.8 Å². The Bertz CT molecular complexity index is 3080. The lowest BCUT2D eigenvalue weighted by molar-refractivity contribution is -0.150. The Hall–Kier alpha value is -5.20. The molecule has 4 aromatic rings. The van der Waals surface area contributed by atoms with E-state index >= 15 is 0 Å². The molecule has 4 rings (SSSR count). The van der Waals surface area contributed by atoms with Gasteiger partial charge in [0.1, 0.15) is 5.76 Å². The van der Waals surface area contributed by atoms with Gasteiger partial charge in [0.05, 0.1) is 79.3 Å². The molecule has 3 aromatic carbocycles. The van der Waals surface area contributed by atoms with E-state index in [1.54, 1.807) is 33.8 Å². The summed E-state index contributed by atoms with van der Waals surface area (Å²) in [5.41, 5.74) is -7.51. The zero-order chi connectivity index (χ0) is 67.0. The third-order valence-corrected chi connectivity index (χ3v) is 19.8. The van der Waals surface area contributed by atoms with Gasteiger partial charge in [-0.3, -0.25) is 24.0 Å². The van der Waals surface area contributed by atoms with Crippen LogP contribution < -0.4 is 5.32 Å². The fraction of sp³-hybridized carbons (Fsp3) is 0.527. The molecule has 0 spiro atoms. The molecule has 0 aliphatic carbocycles. The van der Waals surface area contributed by atoms with Crippen LogP contribution in [0.15, 0.2) is 98.1 Å². The monoisotopic (exact) mass is 1410 g/mol.